The first kappa shape index (κ1) is 13.8. The average Bonchev–Trinajstić information content (AvgIpc) is 2.31. The number of benzene rings is 1. The van der Waals surface area contributed by atoms with Crippen molar-refractivity contribution in [1.29, 1.82) is 0 Å². The second-order valence-corrected chi connectivity index (χ2v) is 3.78. The predicted octanol–water partition coefficient (Wildman–Crippen LogP) is 2.85. The predicted molar refractivity (Wildman–Crippen MR) is 66.6 cm³/mol. The van der Waals surface area contributed by atoms with Gasteiger partial charge in [0, 0.05) is 0 Å². The molecule has 0 saturated heterocycles. The number of hydrogen-bond acceptors (Lipinski definition) is 3. The molecule has 0 bridgehead atoms. The maximum Gasteiger partial charge on any atom is 0.280 e. The topological polar surface area (TPSA) is 47.6 Å². The molecule has 17 heavy (non-hydrogen) atoms. The highest BCUT2D eigenvalue weighted by molar-refractivity contribution is 6.37. The molecule has 0 unspecified atom stereocenters. The Morgan fingerprint density at radius 3 is 2.71 bits per heavy atom. The first-order chi connectivity index (χ1) is 8.11. The number of amides is 1. The summed E-state index contributed by atoms with van der Waals surface area (Å²) >= 11 is 11.8. The Labute approximate surface area is 109 Å². The van der Waals surface area contributed by atoms with Crippen LogP contribution in [0.4, 0.5) is 0 Å². The van der Waals surface area contributed by atoms with Gasteiger partial charge in [-0.2, -0.15) is 0 Å². The van der Waals surface area contributed by atoms with Crippen molar-refractivity contribution in [1.82, 2.24) is 5.48 Å². The SMILES string of the molecule is C=CCONC(=O)c1c(Cl)ccc(Cl)c1OC. The first-order valence-electron chi connectivity index (χ1n) is 4.66. The molecule has 1 N–H and O–H groups in total. The zero-order valence-corrected chi connectivity index (χ0v) is 10.6. The molecule has 0 saturated carbocycles. The molecule has 0 fully saturated rings. The van der Waals surface area contributed by atoms with E-state index in [0.29, 0.717) is 5.02 Å². The number of carbonyl (C=O) groups is 1. The first-order valence-corrected chi connectivity index (χ1v) is 5.42. The van der Waals surface area contributed by atoms with E-state index in [0.717, 1.165) is 0 Å². The maximum atomic E-state index is 11.8. The second-order valence-electron chi connectivity index (χ2n) is 2.97. The molecule has 0 aliphatic rings. The molecular formula is C11H11Cl2NO3. The number of hydroxylamine groups is 1. The minimum Gasteiger partial charge on any atom is -0.494 e. The zero-order chi connectivity index (χ0) is 12.8. The fourth-order valence-corrected chi connectivity index (χ4v) is 1.63. The fraction of sp³-hybridized carbons (Fsp3) is 0.182. The summed E-state index contributed by atoms with van der Waals surface area (Å²) in [7, 11) is 1.40. The van der Waals surface area contributed by atoms with E-state index in [4.69, 9.17) is 32.8 Å². The standard InChI is InChI=1S/C11H11Cl2NO3/c1-3-6-17-14-11(15)9-7(12)4-5-8(13)10(9)16-2/h3-5H,1,6H2,2H3,(H,14,15). The van der Waals surface area contributed by atoms with Gasteiger partial charge in [0.15, 0.2) is 5.75 Å². The largest absolute Gasteiger partial charge is 0.494 e. The number of halogens is 2. The molecule has 0 atom stereocenters. The molecule has 4 nitrogen and oxygen atoms in total. The van der Waals surface area contributed by atoms with Crippen molar-refractivity contribution in [2.75, 3.05) is 13.7 Å². The lowest BCUT2D eigenvalue weighted by Crippen LogP contribution is -2.24. The van der Waals surface area contributed by atoms with E-state index in [-0.39, 0.29) is 22.9 Å². The van der Waals surface area contributed by atoms with Gasteiger partial charge in [-0.05, 0) is 12.1 Å². The molecule has 92 valence electrons. The van der Waals surface area contributed by atoms with Gasteiger partial charge in [0.25, 0.3) is 5.91 Å². The second kappa shape index (κ2) is 6.49. The van der Waals surface area contributed by atoms with Crippen LogP contribution in [0.2, 0.25) is 10.0 Å². The Hall–Kier alpha value is -1.23. The van der Waals surface area contributed by atoms with E-state index in [9.17, 15) is 4.79 Å². The van der Waals surface area contributed by atoms with E-state index < -0.39 is 5.91 Å². The highest BCUT2D eigenvalue weighted by Crippen LogP contribution is 2.33. The zero-order valence-electron chi connectivity index (χ0n) is 9.13. The Balaban J connectivity index is 2.99. The minimum absolute atomic E-state index is 0.130. The van der Waals surface area contributed by atoms with Gasteiger partial charge >= 0.3 is 0 Å². The van der Waals surface area contributed by atoms with Crippen LogP contribution in [-0.2, 0) is 4.84 Å². The molecule has 0 aliphatic heterocycles. The van der Waals surface area contributed by atoms with Crippen molar-refractivity contribution >= 4 is 29.1 Å². The van der Waals surface area contributed by atoms with Crippen LogP contribution in [0.15, 0.2) is 24.8 Å². The normalized spacial score (nSPS) is 9.82. The maximum absolute atomic E-state index is 11.8. The highest BCUT2D eigenvalue weighted by atomic mass is 35.5. The van der Waals surface area contributed by atoms with Crippen LogP contribution in [0, 0.1) is 0 Å². The van der Waals surface area contributed by atoms with Gasteiger partial charge in [-0.15, -0.1) is 6.58 Å². The van der Waals surface area contributed by atoms with Crippen LogP contribution in [0.25, 0.3) is 0 Å². The Morgan fingerprint density at radius 1 is 1.47 bits per heavy atom. The van der Waals surface area contributed by atoms with Crippen molar-refractivity contribution < 1.29 is 14.4 Å². The molecule has 1 aromatic rings. The summed E-state index contributed by atoms with van der Waals surface area (Å²) in [5, 5.41) is 0.525. The Bertz CT molecular complexity index is 435. The number of nitrogens with one attached hydrogen (secondary N) is 1. The number of rotatable bonds is 5. The molecule has 1 aromatic carbocycles. The number of hydrogen-bond donors (Lipinski definition) is 1. The molecule has 1 amide bonds. The van der Waals surface area contributed by atoms with Gasteiger partial charge in [0.05, 0.1) is 23.8 Å². The van der Waals surface area contributed by atoms with Crippen LogP contribution in [0.3, 0.4) is 0 Å². The number of carbonyl (C=O) groups excluding carboxylic acids is 1. The molecule has 0 radical (unpaired) electrons. The van der Waals surface area contributed by atoms with Gasteiger partial charge in [0.1, 0.15) is 5.56 Å². The van der Waals surface area contributed by atoms with Crippen LogP contribution < -0.4 is 10.2 Å². The molecule has 0 heterocycles. The molecule has 6 heteroatoms. The summed E-state index contributed by atoms with van der Waals surface area (Å²) < 4.78 is 5.03. The minimum atomic E-state index is -0.531. The van der Waals surface area contributed by atoms with Crippen molar-refractivity contribution in [2.45, 2.75) is 0 Å². The van der Waals surface area contributed by atoms with Crippen molar-refractivity contribution in [2.24, 2.45) is 0 Å². The lowest BCUT2D eigenvalue weighted by atomic mass is 10.2. The third-order valence-electron chi connectivity index (χ3n) is 1.86. The van der Waals surface area contributed by atoms with Crippen LogP contribution >= 0.6 is 23.2 Å². The van der Waals surface area contributed by atoms with E-state index in [1.54, 1.807) is 6.07 Å². The third-order valence-corrected chi connectivity index (χ3v) is 2.47. The molecule has 0 spiro atoms. The third kappa shape index (κ3) is 3.36. The molecule has 0 aromatic heterocycles. The van der Waals surface area contributed by atoms with E-state index in [1.807, 2.05) is 0 Å². The van der Waals surface area contributed by atoms with Crippen LogP contribution in [0.5, 0.6) is 5.75 Å². The number of methoxy groups -OCH3 is 1. The molecule has 1 rings (SSSR count). The molecular weight excluding hydrogens is 265 g/mol. The van der Waals surface area contributed by atoms with Crippen LogP contribution in [-0.4, -0.2) is 19.6 Å². The van der Waals surface area contributed by atoms with E-state index >= 15 is 0 Å². The van der Waals surface area contributed by atoms with Gasteiger partial charge in [-0.3, -0.25) is 9.63 Å². The van der Waals surface area contributed by atoms with E-state index in [1.165, 1.54) is 19.3 Å². The fourth-order valence-electron chi connectivity index (χ4n) is 1.16. The Morgan fingerprint density at radius 2 is 2.12 bits per heavy atom. The summed E-state index contributed by atoms with van der Waals surface area (Å²) in [4.78, 5) is 16.6. The Kier molecular flexibility index (Phi) is 5.28. The monoisotopic (exact) mass is 275 g/mol. The van der Waals surface area contributed by atoms with Gasteiger partial charge in [-0.25, -0.2) is 5.48 Å². The summed E-state index contributed by atoms with van der Waals surface area (Å²) in [6.07, 6.45) is 1.50. The van der Waals surface area contributed by atoms with Crippen molar-refractivity contribution in [3.8, 4) is 5.75 Å². The summed E-state index contributed by atoms with van der Waals surface area (Å²) in [5.41, 5.74) is 2.34. The summed E-state index contributed by atoms with van der Waals surface area (Å²) in [6.45, 7) is 3.63. The average molecular weight is 276 g/mol. The van der Waals surface area contributed by atoms with Crippen LogP contribution in [0.1, 0.15) is 10.4 Å². The van der Waals surface area contributed by atoms with Crippen molar-refractivity contribution in [3.63, 3.8) is 0 Å². The van der Waals surface area contributed by atoms with E-state index in [2.05, 4.69) is 12.1 Å². The lowest BCUT2D eigenvalue weighted by molar-refractivity contribution is 0.0419. The quantitative estimate of drug-likeness (QED) is 0.511. The highest BCUT2D eigenvalue weighted by Gasteiger charge is 2.19. The summed E-state index contributed by atoms with van der Waals surface area (Å²) in [5.74, 6) is -0.324. The van der Waals surface area contributed by atoms with Gasteiger partial charge in [-0.1, -0.05) is 29.3 Å². The summed E-state index contributed by atoms with van der Waals surface area (Å²) in [6, 6.07) is 3.05. The van der Waals surface area contributed by atoms with Crippen molar-refractivity contribution in [3.05, 3.63) is 40.4 Å². The smallest absolute Gasteiger partial charge is 0.280 e. The molecule has 0 aliphatic carbocycles. The van der Waals surface area contributed by atoms with Gasteiger partial charge in [0.2, 0.25) is 0 Å². The van der Waals surface area contributed by atoms with Gasteiger partial charge < -0.3 is 4.74 Å². The lowest BCUT2D eigenvalue weighted by Gasteiger charge is -2.11. The number of ether oxygens (including phenoxy) is 1.